The van der Waals surface area contributed by atoms with Crippen molar-refractivity contribution in [1.82, 2.24) is 0 Å². The monoisotopic (exact) mass is 588 g/mol. The fraction of sp³-hybridized carbons (Fsp3) is 0. The molecule has 0 unspecified atom stereocenters. The van der Waals surface area contributed by atoms with E-state index in [2.05, 4.69) is 0 Å². The van der Waals surface area contributed by atoms with Crippen LogP contribution in [0, 0.1) is 0 Å². The molecule has 3 N–H and O–H groups in total. The molecule has 0 aliphatic rings. The maximum absolute atomic E-state index is 9.04. The minimum atomic E-state index is -0.171. The smallest absolute Gasteiger partial charge is 0.154 e. The van der Waals surface area contributed by atoms with Crippen molar-refractivity contribution >= 4 is 104 Å². The zero-order chi connectivity index (χ0) is 23.2. The van der Waals surface area contributed by atoms with Gasteiger partial charge in [-0.3, -0.25) is 0 Å². The van der Waals surface area contributed by atoms with E-state index in [-0.39, 0.29) is 42.4 Å². The number of rotatable bonds is 0. The fourth-order valence-electron chi connectivity index (χ4n) is 1.54. The number of aromatic hydroxyl groups is 3. The minimum Gasteiger partial charge on any atom is -0.506 e. The summed E-state index contributed by atoms with van der Waals surface area (Å²) in [6, 6.07) is 8.55. The number of phenolic OH excluding ortho intramolecular Hbond substituents is 3. The van der Waals surface area contributed by atoms with E-state index >= 15 is 0 Å². The summed E-state index contributed by atoms with van der Waals surface area (Å²) in [5, 5.41) is 29.0. The summed E-state index contributed by atoms with van der Waals surface area (Å²) >= 11 is 49.8. The maximum Gasteiger partial charge on any atom is 0.154 e. The van der Waals surface area contributed by atoms with Crippen molar-refractivity contribution < 1.29 is 15.3 Å². The lowest BCUT2D eigenvalue weighted by atomic mass is 10.3. The van der Waals surface area contributed by atoms with Crippen molar-refractivity contribution in [2.45, 2.75) is 0 Å². The van der Waals surface area contributed by atoms with Crippen LogP contribution in [-0.4, -0.2) is 15.3 Å². The number of hydrogen-bond acceptors (Lipinski definition) is 3. The molecule has 0 aliphatic carbocycles. The summed E-state index contributed by atoms with van der Waals surface area (Å²) < 4.78 is 0. The molecule has 0 bridgehead atoms. The van der Waals surface area contributed by atoms with E-state index in [1.165, 1.54) is 36.4 Å². The maximum atomic E-state index is 9.04. The van der Waals surface area contributed by atoms with Gasteiger partial charge in [-0.1, -0.05) is 104 Å². The Bertz CT molecular complexity index is 882. The molecule has 0 atom stereocenters. The molecule has 0 spiro atoms. The second kappa shape index (κ2) is 12.6. The average molecular weight is 592 g/mol. The summed E-state index contributed by atoms with van der Waals surface area (Å²) in [5.74, 6) is -0.289. The summed E-state index contributed by atoms with van der Waals surface area (Å²) in [7, 11) is 0. The number of phenols is 3. The first kappa shape index (κ1) is 27.7. The van der Waals surface area contributed by atoms with Gasteiger partial charge >= 0.3 is 0 Å². The third-order valence-electron chi connectivity index (χ3n) is 3.02. The van der Waals surface area contributed by atoms with Crippen LogP contribution >= 0.6 is 104 Å². The molecule has 162 valence electrons. The quantitative estimate of drug-likeness (QED) is 0.180. The normalized spacial score (nSPS) is 9.90. The lowest BCUT2D eigenvalue weighted by molar-refractivity contribution is 0.475. The van der Waals surface area contributed by atoms with Crippen LogP contribution in [0.5, 0.6) is 17.2 Å². The minimum absolute atomic E-state index is 0.0592. The van der Waals surface area contributed by atoms with Gasteiger partial charge in [-0.2, -0.15) is 0 Å². The van der Waals surface area contributed by atoms with Gasteiger partial charge in [0.15, 0.2) is 5.75 Å². The number of benzene rings is 3. The average Bonchev–Trinajstić information content (AvgIpc) is 2.70. The van der Waals surface area contributed by atoms with Crippen LogP contribution in [0.2, 0.25) is 45.2 Å². The third kappa shape index (κ3) is 7.98. The first-order valence-corrected chi connectivity index (χ1v) is 10.7. The molecule has 0 fully saturated rings. The van der Waals surface area contributed by atoms with Crippen molar-refractivity contribution in [3.8, 4) is 17.2 Å². The molecule has 0 saturated heterocycles. The van der Waals surface area contributed by atoms with Gasteiger partial charge in [0.25, 0.3) is 0 Å². The van der Waals surface area contributed by atoms with E-state index in [9.17, 15) is 0 Å². The first-order valence-electron chi connectivity index (χ1n) is 7.35. The molecule has 0 aliphatic heterocycles. The molecular formula is C18H9Cl9O3. The van der Waals surface area contributed by atoms with Crippen LogP contribution < -0.4 is 0 Å². The van der Waals surface area contributed by atoms with Crippen LogP contribution in [-0.2, 0) is 0 Å². The Labute approximate surface area is 217 Å². The molecule has 0 radical (unpaired) electrons. The van der Waals surface area contributed by atoms with E-state index in [1.807, 2.05) is 0 Å². The van der Waals surface area contributed by atoms with Crippen molar-refractivity contribution in [1.29, 1.82) is 0 Å². The van der Waals surface area contributed by atoms with Gasteiger partial charge in [-0.25, -0.2) is 0 Å². The summed E-state index contributed by atoms with van der Waals surface area (Å²) in [6.45, 7) is 0. The van der Waals surface area contributed by atoms with Crippen LogP contribution in [0.4, 0.5) is 0 Å². The lowest BCUT2D eigenvalue weighted by Crippen LogP contribution is -1.71. The SMILES string of the molecule is Oc1c(Cl)ccc(Cl)c1Cl.Oc1cc(Cl)c(Cl)cc1Cl.Oc1ccc(Cl)c(Cl)c1Cl. The Morgan fingerprint density at radius 2 is 0.867 bits per heavy atom. The lowest BCUT2D eigenvalue weighted by Gasteiger charge is -1.99. The van der Waals surface area contributed by atoms with Gasteiger partial charge < -0.3 is 15.3 Å². The van der Waals surface area contributed by atoms with E-state index in [0.29, 0.717) is 20.1 Å². The highest BCUT2D eigenvalue weighted by Crippen LogP contribution is 2.37. The highest BCUT2D eigenvalue weighted by atomic mass is 35.5. The Morgan fingerprint density at radius 1 is 0.400 bits per heavy atom. The summed E-state index contributed by atoms with van der Waals surface area (Å²) in [6.07, 6.45) is 0. The van der Waals surface area contributed by atoms with Crippen molar-refractivity contribution in [2.75, 3.05) is 0 Å². The van der Waals surface area contributed by atoms with Gasteiger partial charge in [0.1, 0.15) is 21.5 Å². The zero-order valence-electron chi connectivity index (χ0n) is 14.2. The molecular weight excluding hydrogens is 583 g/mol. The van der Waals surface area contributed by atoms with Crippen LogP contribution in [0.1, 0.15) is 0 Å². The van der Waals surface area contributed by atoms with Crippen molar-refractivity contribution in [2.24, 2.45) is 0 Å². The van der Waals surface area contributed by atoms with Gasteiger partial charge in [0.05, 0.1) is 35.2 Å². The van der Waals surface area contributed by atoms with E-state index in [0.717, 1.165) is 0 Å². The highest BCUT2D eigenvalue weighted by molar-refractivity contribution is 6.48. The Hall–Kier alpha value is -0.330. The second-order valence-electron chi connectivity index (χ2n) is 5.10. The Morgan fingerprint density at radius 3 is 1.37 bits per heavy atom. The highest BCUT2D eigenvalue weighted by Gasteiger charge is 2.07. The van der Waals surface area contributed by atoms with Crippen LogP contribution in [0.25, 0.3) is 0 Å². The summed E-state index contributed by atoms with van der Waals surface area (Å²) in [5.41, 5.74) is 0. The zero-order valence-corrected chi connectivity index (χ0v) is 21.0. The predicted octanol–water partition coefficient (Wildman–Crippen LogP) is 10.1. The first-order chi connectivity index (χ1) is 13.9. The molecule has 3 rings (SSSR count). The van der Waals surface area contributed by atoms with Gasteiger partial charge in [-0.05, 0) is 30.3 Å². The van der Waals surface area contributed by atoms with Gasteiger partial charge in [-0.15, -0.1) is 0 Å². The Kier molecular flexibility index (Phi) is 11.7. The molecule has 0 heterocycles. The fourth-order valence-corrected chi connectivity index (χ4v) is 3.14. The van der Waals surface area contributed by atoms with E-state index in [1.54, 1.807) is 0 Å². The van der Waals surface area contributed by atoms with Crippen molar-refractivity contribution in [3.63, 3.8) is 0 Å². The van der Waals surface area contributed by atoms with Gasteiger partial charge in [0, 0.05) is 6.07 Å². The number of hydrogen-bond donors (Lipinski definition) is 3. The van der Waals surface area contributed by atoms with E-state index in [4.69, 9.17) is 120 Å². The molecule has 0 aromatic heterocycles. The van der Waals surface area contributed by atoms with Crippen molar-refractivity contribution in [3.05, 3.63) is 81.6 Å². The number of halogens is 9. The molecule has 12 heteroatoms. The van der Waals surface area contributed by atoms with Gasteiger partial charge in [0.2, 0.25) is 0 Å². The molecule has 0 amide bonds. The molecule has 3 aromatic rings. The Balaban J connectivity index is 0.000000225. The predicted molar refractivity (Wildman–Crippen MR) is 129 cm³/mol. The van der Waals surface area contributed by atoms with Crippen LogP contribution in [0.3, 0.4) is 0 Å². The standard InChI is InChI=1S/3C6H3Cl3O/c7-3-1-5(9)6(10)2-4(3)8;7-3-1-2-4(10)6(9)5(3)8;7-3-1-2-4(8)6(10)5(3)9/h3*1-2,10H. The molecule has 3 nitrogen and oxygen atoms in total. The largest absolute Gasteiger partial charge is 0.506 e. The molecule has 30 heavy (non-hydrogen) atoms. The van der Waals surface area contributed by atoms with Crippen LogP contribution in [0.15, 0.2) is 36.4 Å². The molecule has 3 aromatic carbocycles. The van der Waals surface area contributed by atoms with E-state index < -0.39 is 0 Å². The molecule has 0 saturated carbocycles. The second-order valence-corrected chi connectivity index (χ2v) is 8.68. The third-order valence-corrected chi connectivity index (χ3v) is 6.43. The summed E-state index contributed by atoms with van der Waals surface area (Å²) in [4.78, 5) is 0. The topological polar surface area (TPSA) is 60.7 Å².